The fourth-order valence-electron chi connectivity index (χ4n) is 4.57. The third-order valence-electron chi connectivity index (χ3n) is 6.12. The van der Waals surface area contributed by atoms with Crippen molar-refractivity contribution in [3.8, 4) is 0 Å². The van der Waals surface area contributed by atoms with E-state index in [1.165, 1.54) is 45.6 Å². The fourth-order valence-corrected chi connectivity index (χ4v) is 4.57. The maximum absolute atomic E-state index is 5.73. The summed E-state index contributed by atoms with van der Waals surface area (Å²) in [6.07, 6.45) is 4.31. The minimum Gasteiger partial charge on any atom is -0.468 e. The maximum atomic E-state index is 5.73. The minimum atomic E-state index is 0.235. The first-order chi connectivity index (χ1) is 13.3. The molecule has 0 amide bonds. The van der Waals surface area contributed by atoms with Crippen LogP contribution in [0.3, 0.4) is 0 Å². The third-order valence-corrected chi connectivity index (χ3v) is 6.12. The van der Waals surface area contributed by atoms with Gasteiger partial charge < -0.3 is 15.1 Å². The Labute approximate surface area is 162 Å². The lowest BCUT2D eigenvalue weighted by Gasteiger charge is -2.47. The number of hydrogen-bond acceptors (Lipinski definition) is 5. The zero-order valence-corrected chi connectivity index (χ0v) is 16.6. The number of aliphatic imine (C=N–C) groups is 1. The van der Waals surface area contributed by atoms with Crippen molar-refractivity contribution in [2.75, 3.05) is 65.4 Å². The molecule has 0 aliphatic carbocycles. The highest BCUT2D eigenvalue weighted by molar-refractivity contribution is 5.79. The number of likely N-dealkylation sites (tertiary alicyclic amines) is 1. The molecule has 4 saturated heterocycles. The summed E-state index contributed by atoms with van der Waals surface area (Å²) in [5.74, 6) is 1.95. The topological polar surface area (TPSA) is 59.3 Å². The Balaban J connectivity index is 1.37. The van der Waals surface area contributed by atoms with Gasteiger partial charge in [0.05, 0.1) is 18.8 Å². The standard InChI is InChI=1S/C20H34N6O/c1-2-21-20(22-14-17-16-24-9-11-25(17)12-10-24)23-15-18(19-6-5-13-27-19)26-7-3-4-8-26/h5-6,13,17-18H,2-4,7-12,14-16H2,1H3,(H2,21,22,23). The predicted molar refractivity (Wildman–Crippen MR) is 108 cm³/mol. The van der Waals surface area contributed by atoms with E-state index in [2.05, 4.69) is 38.3 Å². The lowest BCUT2D eigenvalue weighted by Crippen LogP contribution is -2.63. The van der Waals surface area contributed by atoms with E-state index in [9.17, 15) is 0 Å². The molecule has 4 fully saturated rings. The zero-order chi connectivity index (χ0) is 18.5. The highest BCUT2D eigenvalue weighted by Crippen LogP contribution is 2.25. The van der Waals surface area contributed by atoms with E-state index in [-0.39, 0.29) is 6.04 Å². The van der Waals surface area contributed by atoms with E-state index in [1.54, 1.807) is 6.26 Å². The first kappa shape index (κ1) is 18.8. The molecule has 2 N–H and O–H groups in total. The van der Waals surface area contributed by atoms with Crippen LogP contribution in [-0.2, 0) is 0 Å². The molecule has 5 heterocycles. The first-order valence-electron chi connectivity index (χ1n) is 10.6. The summed E-state index contributed by atoms with van der Waals surface area (Å²) in [4.78, 5) is 12.6. The quantitative estimate of drug-likeness (QED) is 0.548. The summed E-state index contributed by atoms with van der Waals surface area (Å²) in [5, 5.41) is 7.00. The second-order valence-electron chi connectivity index (χ2n) is 7.87. The van der Waals surface area contributed by atoms with Crippen molar-refractivity contribution in [3.05, 3.63) is 24.2 Å². The Morgan fingerprint density at radius 3 is 2.63 bits per heavy atom. The number of rotatable bonds is 7. The molecule has 2 bridgehead atoms. The molecule has 0 spiro atoms. The van der Waals surface area contributed by atoms with Crippen molar-refractivity contribution in [2.24, 2.45) is 4.99 Å². The van der Waals surface area contributed by atoms with Gasteiger partial charge in [-0.2, -0.15) is 0 Å². The van der Waals surface area contributed by atoms with Gasteiger partial charge in [0.1, 0.15) is 5.76 Å². The summed E-state index contributed by atoms with van der Waals surface area (Å²) in [5.41, 5.74) is 0. The summed E-state index contributed by atoms with van der Waals surface area (Å²) < 4.78 is 5.73. The molecule has 7 heteroatoms. The van der Waals surface area contributed by atoms with Crippen LogP contribution in [0.4, 0.5) is 0 Å². The normalized spacial score (nSPS) is 29.8. The molecular weight excluding hydrogens is 340 g/mol. The molecular formula is C20H34N6O. The molecule has 1 aromatic heterocycles. The van der Waals surface area contributed by atoms with E-state index < -0.39 is 0 Å². The summed E-state index contributed by atoms with van der Waals surface area (Å²) in [6.45, 7) is 13.0. The number of guanidine groups is 1. The van der Waals surface area contributed by atoms with Crippen molar-refractivity contribution in [1.29, 1.82) is 0 Å². The zero-order valence-electron chi connectivity index (χ0n) is 16.6. The average molecular weight is 375 g/mol. The number of nitrogens with zero attached hydrogens (tertiary/aromatic N) is 4. The van der Waals surface area contributed by atoms with Crippen molar-refractivity contribution < 1.29 is 4.42 Å². The number of nitrogens with one attached hydrogen (secondary N) is 2. The van der Waals surface area contributed by atoms with Crippen LogP contribution < -0.4 is 10.6 Å². The molecule has 2 unspecified atom stereocenters. The van der Waals surface area contributed by atoms with Crippen molar-refractivity contribution in [2.45, 2.75) is 31.8 Å². The van der Waals surface area contributed by atoms with Gasteiger partial charge in [-0.05, 0) is 45.0 Å². The Morgan fingerprint density at radius 2 is 2.00 bits per heavy atom. The lowest BCUT2D eigenvalue weighted by atomic mass is 10.1. The van der Waals surface area contributed by atoms with Crippen LogP contribution in [0.1, 0.15) is 31.6 Å². The molecule has 0 saturated carbocycles. The monoisotopic (exact) mass is 374 g/mol. The van der Waals surface area contributed by atoms with E-state index in [0.717, 1.165) is 44.4 Å². The summed E-state index contributed by atoms with van der Waals surface area (Å²) in [6, 6.07) is 4.89. The Morgan fingerprint density at radius 1 is 1.19 bits per heavy atom. The Bertz CT molecular complexity index is 590. The van der Waals surface area contributed by atoms with Crippen LogP contribution in [0.15, 0.2) is 27.8 Å². The first-order valence-corrected chi connectivity index (χ1v) is 10.6. The maximum Gasteiger partial charge on any atom is 0.191 e. The molecule has 5 rings (SSSR count). The number of furan rings is 1. The number of piperazine rings is 3. The molecule has 0 aromatic carbocycles. The molecule has 7 nitrogen and oxygen atoms in total. The smallest absolute Gasteiger partial charge is 0.191 e. The van der Waals surface area contributed by atoms with Gasteiger partial charge in [-0.25, -0.2) is 0 Å². The van der Waals surface area contributed by atoms with Gasteiger partial charge in [-0.15, -0.1) is 0 Å². The molecule has 27 heavy (non-hydrogen) atoms. The van der Waals surface area contributed by atoms with E-state index >= 15 is 0 Å². The Kier molecular flexibility index (Phi) is 6.32. The Hall–Kier alpha value is -1.57. The van der Waals surface area contributed by atoms with E-state index in [4.69, 9.17) is 9.41 Å². The van der Waals surface area contributed by atoms with Crippen molar-refractivity contribution >= 4 is 5.96 Å². The summed E-state index contributed by atoms with van der Waals surface area (Å²) in [7, 11) is 0. The average Bonchev–Trinajstić information content (AvgIpc) is 3.42. The molecule has 2 atom stereocenters. The van der Waals surface area contributed by atoms with Gasteiger partial charge in [0.25, 0.3) is 0 Å². The van der Waals surface area contributed by atoms with Gasteiger partial charge in [0.15, 0.2) is 5.96 Å². The van der Waals surface area contributed by atoms with Gasteiger partial charge in [-0.3, -0.25) is 19.7 Å². The van der Waals surface area contributed by atoms with Gasteiger partial charge in [0.2, 0.25) is 0 Å². The van der Waals surface area contributed by atoms with E-state index in [1.807, 2.05) is 6.07 Å². The number of fused-ring (bicyclic) bond motifs is 3. The van der Waals surface area contributed by atoms with Crippen LogP contribution in [0.2, 0.25) is 0 Å². The van der Waals surface area contributed by atoms with Crippen LogP contribution >= 0.6 is 0 Å². The van der Waals surface area contributed by atoms with Crippen LogP contribution in [0.5, 0.6) is 0 Å². The third kappa shape index (κ3) is 4.65. The molecule has 150 valence electrons. The molecule has 1 aromatic rings. The largest absolute Gasteiger partial charge is 0.468 e. The van der Waals surface area contributed by atoms with Crippen LogP contribution in [-0.4, -0.2) is 92.1 Å². The highest BCUT2D eigenvalue weighted by atomic mass is 16.3. The van der Waals surface area contributed by atoms with Gasteiger partial charge in [0, 0.05) is 51.9 Å². The second-order valence-corrected chi connectivity index (χ2v) is 7.87. The minimum absolute atomic E-state index is 0.235. The van der Waals surface area contributed by atoms with Crippen LogP contribution in [0, 0.1) is 0 Å². The fraction of sp³-hybridized carbons (Fsp3) is 0.750. The van der Waals surface area contributed by atoms with Gasteiger partial charge >= 0.3 is 0 Å². The van der Waals surface area contributed by atoms with Crippen molar-refractivity contribution in [1.82, 2.24) is 25.3 Å². The SMILES string of the molecule is CCNC(=NCC(c1ccco1)N1CCCC1)NCC1CN2CCN1CC2. The molecule has 4 aliphatic heterocycles. The second kappa shape index (κ2) is 9.08. The molecule has 0 radical (unpaired) electrons. The van der Waals surface area contributed by atoms with Crippen LogP contribution in [0.25, 0.3) is 0 Å². The highest BCUT2D eigenvalue weighted by Gasteiger charge is 2.31. The number of hydrogen-bond donors (Lipinski definition) is 2. The lowest BCUT2D eigenvalue weighted by molar-refractivity contribution is 0.0154. The van der Waals surface area contributed by atoms with E-state index in [0.29, 0.717) is 6.04 Å². The predicted octanol–water partition coefficient (Wildman–Crippen LogP) is 0.971. The van der Waals surface area contributed by atoms with Crippen molar-refractivity contribution in [3.63, 3.8) is 0 Å². The van der Waals surface area contributed by atoms with Gasteiger partial charge in [-0.1, -0.05) is 0 Å². The summed E-state index contributed by atoms with van der Waals surface area (Å²) >= 11 is 0. The molecule has 4 aliphatic rings.